The van der Waals surface area contributed by atoms with E-state index < -0.39 is 58.1 Å². The Morgan fingerprint density at radius 3 is 2.58 bits per heavy atom. The summed E-state index contributed by atoms with van der Waals surface area (Å²) in [6.07, 6.45) is 2.76. The van der Waals surface area contributed by atoms with Crippen LogP contribution in [0.4, 0.5) is 13.2 Å². The number of nitrogens with one attached hydrogen (secondary N) is 1. The van der Waals surface area contributed by atoms with Crippen LogP contribution >= 0.6 is 0 Å². The molecule has 164 valence electrons. The van der Waals surface area contributed by atoms with Crippen molar-refractivity contribution in [2.75, 3.05) is 6.54 Å². The van der Waals surface area contributed by atoms with Gasteiger partial charge in [-0.15, -0.1) is 0 Å². The molecule has 1 fully saturated rings. The Labute approximate surface area is 175 Å². The first-order valence-electron chi connectivity index (χ1n) is 9.86. The van der Waals surface area contributed by atoms with Crippen molar-refractivity contribution in [3.05, 3.63) is 62.8 Å². The number of aromatic nitrogens is 1. The standard InChI is InChI=1S/C21H20F3N3O4/c1-10-2-3-27-12(4-10)8-26-9-14(18(28)19(29)17(26)21(27)31)20(30)25-7-13-15(23)5-11(22)6-16(13)24/h5-6,9-10,12,29H,2-4,7-8H2,1H3,(H,25,30). The van der Waals surface area contributed by atoms with Gasteiger partial charge >= 0.3 is 0 Å². The third kappa shape index (κ3) is 3.66. The van der Waals surface area contributed by atoms with Gasteiger partial charge in [-0.3, -0.25) is 14.4 Å². The maximum atomic E-state index is 13.8. The molecule has 1 aromatic heterocycles. The fraction of sp³-hybridized carbons (Fsp3) is 0.381. The predicted molar refractivity (Wildman–Crippen MR) is 103 cm³/mol. The molecule has 1 aromatic carbocycles. The second-order valence-electron chi connectivity index (χ2n) is 8.03. The van der Waals surface area contributed by atoms with Gasteiger partial charge < -0.3 is 19.9 Å². The lowest BCUT2D eigenvalue weighted by Crippen LogP contribution is -2.52. The van der Waals surface area contributed by atoms with Crippen molar-refractivity contribution in [3.8, 4) is 5.75 Å². The van der Waals surface area contributed by atoms with E-state index >= 15 is 0 Å². The molecule has 1 saturated heterocycles. The van der Waals surface area contributed by atoms with E-state index in [1.165, 1.54) is 10.8 Å². The van der Waals surface area contributed by atoms with E-state index in [1.807, 2.05) is 0 Å². The molecular weight excluding hydrogens is 415 g/mol. The van der Waals surface area contributed by atoms with E-state index in [-0.39, 0.29) is 11.7 Å². The number of halogens is 3. The Morgan fingerprint density at radius 1 is 1.23 bits per heavy atom. The van der Waals surface area contributed by atoms with E-state index in [0.29, 0.717) is 31.1 Å². The van der Waals surface area contributed by atoms with E-state index in [1.54, 1.807) is 4.90 Å². The number of rotatable bonds is 3. The van der Waals surface area contributed by atoms with Crippen molar-refractivity contribution in [1.82, 2.24) is 14.8 Å². The number of hydrogen-bond acceptors (Lipinski definition) is 4. The van der Waals surface area contributed by atoms with Gasteiger partial charge in [0, 0.05) is 43.5 Å². The molecule has 10 heteroatoms. The fourth-order valence-electron chi connectivity index (χ4n) is 4.24. The summed E-state index contributed by atoms with van der Waals surface area (Å²) in [6.45, 7) is 2.27. The zero-order chi connectivity index (χ0) is 22.4. The van der Waals surface area contributed by atoms with Gasteiger partial charge in [-0.25, -0.2) is 13.2 Å². The van der Waals surface area contributed by atoms with Crippen LogP contribution < -0.4 is 10.7 Å². The van der Waals surface area contributed by atoms with Gasteiger partial charge in [0.15, 0.2) is 11.4 Å². The highest BCUT2D eigenvalue weighted by atomic mass is 19.1. The highest BCUT2D eigenvalue weighted by Gasteiger charge is 2.38. The number of hydrogen-bond donors (Lipinski definition) is 2. The topological polar surface area (TPSA) is 91.6 Å². The van der Waals surface area contributed by atoms with Gasteiger partial charge in [-0.1, -0.05) is 6.92 Å². The first-order chi connectivity index (χ1) is 14.7. The second kappa shape index (κ2) is 7.75. The van der Waals surface area contributed by atoms with Crippen molar-refractivity contribution in [3.63, 3.8) is 0 Å². The summed E-state index contributed by atoms with van der Waals surface area (Å²) >= 11 is 0. The number of fused-ring (bicyclic) bond motifs is 2. The molecule has 2 aromatic rings. The van der Waals surface area contributed by atoms with Crippen LogP contribution in [0.15, 0.2) is 23.1 Å². The largest absolute Gasteiger partial charge is 0.503 e. The number of aromatic hydroxyl groups is 1. The third-order valence-corrected chi connectivity index (χ3v) is 5.88. The van der Waals surface area contributed by atoms with Crippen LogP contribution in [0, 0.1) is 23.4 Å². The molecule has 31 heavy (non-hydrogen) atoms. The van der Waals surface area contributed by atoms with E-state index in [9.17, 15) is 32.7 Å². The Kier molecular flexibility index (Phi) is 5.24. The maximum absolute atomic E-state index is 13.8. The van der Waals surface area contributed by atoms with Gasteiger partial charge in [-0.05, 0) is 18.8 Å². The molecule has 0 spiro atoms. The monoisotopic (exact) mass is 435 g/mol. The molecule has 0 bridgehead atoms. The van der Waals surface area contributed by atoms with Crippen molar-refractivity contribution in [2.45, 2.75) is 38.9 Å². The first-order valence-corrected chi connectivity index (χ1v) is 9.86. The number of carbonyl (C=O) groups excluding carboxylic acids is 2. The fourth-order valence-corrected chi connectivity index (χ4v) is 4.24. The summed E-state index contributed by atoms with van der Waals surface area (Å²) < 4.78 is 42.0. The first kappa shape index (κ1) is 21.0. The Morgan fingerprint density at radius 2 is 1.90 bits per heavy atom. The smallest absolute Gasteiger partial charge is 0.274 e. The minimum Gasteiger partial charge on any atom is -0.503 e. The van der Waals surface area contributed by atoms with Gasteiger partial charge in [0.05, 0.1) is 6.04 Å². The normalized spacial score (nSPS) is 20.3. The van der Waals surface area contributed by atoms with Gasteiger partial charge in [0.25, 0.3) is 11.8 Å². The molecule has 0 radical (unpaired) electrons. The third-order valence-electron chi connectivity index (χ3n) is 5.88. The number of nitrogens with zero attached hydrogens (tertiary/aromatic N) is 2. The molecule has 2 unspecified atom stereocenters. The zero-order valence-corrected chi connectivity index (χ0v) is 16.6. The number of piperidine rings is 1. The average molecular weight is 435 g/mol. The maximum Gasteiger partial charge on any atom is 0.274 e. The summed E-state index contributed by atoms with van der Waals surface area (Å²) in [4.78, 5) is 39.5. The average Bonchev–Trinajstić information content (AvgIpc) is 2.69. The number of pyridine rings is 1. The SMILES string of the molecule is CC1CCN2C(=O)c3c(O)c(=O)c(C(=O)NCc4c(F)cc(F)cc4F)cn3CC2C1. The van der Waals surface area contributed by atoms with Gasteiger partial charge in [-0.2, -0.15) is 0 Å². The minimum atomic E-state index is -1.18. The predicted octanol–water partition coefficient (Wildman–Crippen LogP) is 2.16. The van der Waals surface area contributed by atoms with E-state index in [0.717, 1.165) is 12.8 Å². The summed E-state index contributed by atoms with van der Waals surface area (Å²) in [5.41, 5.74) is -2.27. The quantitative estimate of drug-likeness (QED) is 0.773. The minimum absolute atomic E-state index is 0.121. The lowest BCUT2D eigenvalue weighted by atomic mass is 9.90. The van der Waals surface area contributed by atoms with Crippen molar-refractivity contribution in [2.24, 2.45) is 5.92 Å². The second-order valence-corrected chi connectivity index (χ2v) is 8.03. The van der Waals surface area contributed by atoms with Crippen LogP contribution in [0.25, 0.3) is 0 Å². The molecule has 2 amide bonds. The van der Waals surface area contributed by atoms with Crippen LogP contribution in [0.1, 0.15) is 46.2 Å². The molecule has 2 atom stereocenters. The van der Waals surface area contributed by atoms with Crippen LogP contribution in [0.5, 0.6) is 5.75 Å². The molecule has 0 saturated carbocycles. The lowest BCUT2D eigenvalue weighted by Gasteiger charge is -2.42. The summed E-state index contributed by atoms with van der Waals surface area (Å²) in [5.74, 6) is -5.34. The van der Waals surface area contributed by atoms with Crippen molar-refractivity contribution in [1.29, 1.82) is 0 Å². The molecule has 7 nitrogen and oxygen atoms in total. The number of benzene rings is 1. The van der Waals surface area contributed by atoms with Crippen molar-refractivity contribution < 1.29 is 27.9 Å². The number of carbonyl (C=O) groups is 2. The van der Waals surface area contributed by atoms with Gasteiger partial charge in [0.1, 0.15) is 23.0 Å². The molecule has 3 heterocycles. The summed E-state index contributed by atoms with van der Waals surface area (Å²) in [6, 6.07) is 0.836. The molecule has 2 N–H and O–H groups in total. The van der Waals surface area contributed by atoms with Crippen molar-refractivity contribution >= 4 is 11.8 Å². The Bertz CT molecular complexity index is 1120. The summed E-state index contributed by atoms with van der Waals surface area (Å²) in [5, 5.41) is 12.6. The Hall–Kier alpha value is -3.30. The van der Waals surface area contributed by atoms with E-state index in [2.05, 4.69) is 12.2 Å². The Balaban J connectivity index is 1.63. The molecular formula is C21H20F3N3O4. The number of amides is 2. The van der Waals surface area contributed by atoms with Crippen LogP contribution in [-0.2, 0) is 13.1 Å². The zero-order valence-electron chi connectivity index (χ0n) is 16.6. The molecule has 2 aliphatic heterocycles. The van der Waals surface area contributed by atoms with Crippen LogP contribution in [0.2, 0.25) is 0 Å². The van der Waals surface area contributed by atoms with E-state index in [4.69, 9.17) is 0 Å². The molecule has 2 aliphatic rings. The van der Waals surface area contributed by atoms with Gasteiger partial charge in [0.2, 0.25) is 5.43 Å². The highest BCUT2D eigenvalue weighted by Crippen LogP contribution is 2.31. The van der Waals surface area contributed by atoms with Crippen LogP contribution in [0.3, 0.4) is 0 Å². The lowest BCUT2D eigenvalue weighted by molar-refractivity contribution is 0.0442. The van der Waals surface area contributed by atoms with Crippen LogP contribution in [-0.4, -0.2) is 39.0 Å². The molecule has 0 aliphatic carbocycles. The molecule has 4 rings (SSSR count). The summed E-state index contributed by atoms with van der Waals surface area (Å²) in [7, 11) is 0. The highest BCUT2D eigenvalue weighted by molar-refractivity contribution is 5.99.